The Kier molecular flexibility index (Phi) is 8.85. The van der Waals surface area contributed by atoms with E-state index in [2.05, 4.69) is 32.3 Å². The van der Waals surface area contributed by atoms with Crippen molar-refractivity contribution in [2.75, 3.05) is 0 Å². The topological polar surface area (TPSA) is 42.0 Å². The maximum atomic E-state index is 12.8. The lowest BCUT2D eigenvalue weighted by molar-refractivity contribution is 0.0915. The van der Waals surface area contributed by atoms with Gasteiger partial charge in [0.2, 0.25) is 0 Å². The average molecular weight is 453 g/mol. The van der Waals surface area contributed by atoms with Crippen LogP contribution >= 0.6 is 27.3 Å². The van der Waals surface area contributed by atoms with Crippen LogP contribution in [0.5, 0.6) is 0 Å². The molecule has 27 heavy (non-hydrogen) atoms. The van der Waals surface area contributed by atoms with Crippen LogP contribution in [0.3, 0.4) is 0 Å². The highest BCUT2D eigenvalue weighted by atomic mass is 79.9. The number of carbonyl (C=O) groups excluding carboxylic acids is 1. The summed E-state index contributed by atoms with van der Waals surface area (Å²) in [5.41, 5.74) is 2.18. The molecule has 0 aliphatic heterocycles. The van der Waals surface area contributed by atoms with Gasteiger partial charge in [0.05, 0.1) is 0 Å². The lowest BCUT2D eigenvalue weighted by Crippen LogP contribution is -2.41. The molecule has 0 radical (unpaired) electrons. The lowest BCUT2D eigenvalue weighted by Gasteiger charge is -2.32. The van der Waals surface area contributed by atoms with Gasteiger partial charge in [-0.1, -0.05) is 63.0 Å². The van der Waals surface area contributed by atoms with Gasteiger partial charge in [-0.2, -0.15) is 0 Å². The monoisotopic (exact) mass is 452 g/mol. The zero-order chi connectivity index (χ0) is 18.9. The third-order valence-electron chi connectivity index (χ3n) is 6.09. The van der Waals surface area contributed by atoms with E-state index in [0.29, 0.717) is 11.6 Å². The smallest absolute Gasteiger partial charge is 0.271 e. The Bertz CT molecular complexity index is 628. The molecule has 2 atom stereocenters. The van der Waals surface area contributed by atoms with Crippen molar-refractivity contribution in [1.29, 1.82) is 0 Å². The summed E-state index contributed by atoms with van der Waals surface area (Å²) in [6.07, 6.45) is 20.5. The molecular formula is C22H33BrN2OS. The Hall–Kier alpha value is -0.680. The Balaban J connectivity index is 1.77. The van der Waals surface area contributed by atoms with Crippen molar-refractivity contribution < 1.29 is 4.79 Å². The van der Waals surface area contributed by atoms with Crippen LogP contribution in [0.4, 0.5) is 0 Å². The van der Waals surface area contributed by atoms with Gasteiger partial charge in [-0.25, -0.2) is 4.98 Å². The van der Waals surface area contributed by atoms with Gasteiger partial charge >= 0.3 is 0 Å². The number of halogens is 1. The fourth-order valence-corrected chi connectivity index (χ4v) is 5.60. The molecule has 1 aromatic heterocycles. The van der Waals surface area contributed by atoms with E-state index >= 15 is 0 Å². The van der Waals surface area contributed by atoms with Crippen LogP contribution in [0.2, 0.25) is 0 Å². The zero-order valence-corrected chi connectivity index (χ0v) is 18.8. The van der Waals surface area contributed by atoms with Crippen molar-refractivity contribution in [3.8, 4) is 0 Å². The first-order valence-corrected chi connectivity index (χ1v) is 12.5. The second-order valence-corrected chi connectivity index (χ2v) is 10.2. The van der Waals surface area contributed by atoms with E-state index in [1.54, 1.807) is 5.57 Å². The Morgan fingerprint density at radius 1 is 1.00 bits per heavy atom. The normalized spacial score (nSPS) is 25.7. The summed E-state index contributed by atoms with van der Waals surface area (Å²) in [4.78, 5) is 17.1. The predicted molar refractivity (Wildman–Crippen MR) is 117 cm³/mol. The van der Waals surface area contributed by atoms with E-state index in [4.69, 9.17) is 0 Å². The number of nitrogens with zero attached hydrogens (tertiary/aromatic N) is 1. The molecule has 1 fully saturated rings. The summed E-state index contributed by atoms with van der Waals surface area (Å²) in [7, 11) is 0. The molecule has 3 rings (SSSR count). The maximum absolute atomic E-state index is 12.8. The molecule has 1 amide bonds. The molecule has 5 heteroatoms. The number of allylic oxidation sites excluding steroid dienone is 1. The Labute approximate surface area is 176 Å². The third kappa shape index (κ3) is 6.70. The summed E-state index contributed by atoms with van der Waals surface area (Å²) in [6.45, 7) is 0. The number of hydrogen-bond acceptors (Lipinski definition) is 3. The van der Waals surface area contributed by atoms with Gasteiger partial charge in [-0.05, 0) is 54.5 Å². The molecule has 1 saturated carbocycles. The number of nitrogens with one attached hydrogen (secondary N) is 1. The number of hydrogen-bond donors (Lipinski definition) is 1. The molecular weight excluding hydrogens is 420 g/mol. The summed E-state index contributed by atoms with van der Waals surface area (Å²) in [6, 6.07) is 0.252. The molecule has 0 spiro atoms. The van der Waals surface area contributed by atoms with Gasteiger partial charge in [0, 0.05) is 17.3 Å². The van der Waals surface area contributed by atoms with Gasteiger partial charge in [-0.3, -0.25) is 4.79 Å². The largest absolute Gasteiger partial charge is 0.347 e. The summed E-state index contributed by atoms with van der Waals surface area (Å²) < 4.78 is 0.776. The van der Waals surface area contributed by atoms with Crippen LogP contribution in [-0.4, -0.2) is 16.9 Å². The molecule has 0 bridgehead atoms. The van der Waals surface area contributed by atoms with Gasteiger partial charge in [-0.15, -0.1) is 11.3 Å². The number of aromatic nitrogens is 1. The number of rotatable bonds is 3. The summed E-state index contributed by atoms with van der Waals surface area (Å²) in [5, 5.41) is 5.24. The average Bonchev–Trinajstić information content (AvgIpc) is 3.07. The molecule has 1 N–H and O–H groups in total. The van der Waals surface area contributed by atoms with E-state index < -0.39 is 0 Å². The highest BCUT2D eigenvalue weighted by molar-refractivity contribution is 9.11. The van der Waals surface area contributed by atoms with Crippen molar-refractivity contribution in [3.05, 3.63) is 26.6 Å². The van der Waals surface area contributed by atoms with E-state index in [9.17, 15) is 4.79 Å². The van der Waals surface area contributed by atoms with Gasteiger partial charge in [0.1, 0.15) is 5.69 Å². The van der Waals surface area contributed by atoms with Gasteiger partial charge in [0.15, 0.2) is 3.92 Å². The van der Waals surface area contributed by atoms with Crippen molar-refractivity contribution in [2.24, 2.45) is 5.92 Å². The molecule has 1 aromatic rings. The Morgan fingerprint density at radius 2 is 1.70 bits per heavy atom. The number of carbonyl (C=O) groups is 1. The van der Waals surface area contributed by atoms with Crippen LogP contribution in [0.15, 0.2) is 20.9 Å². The van der Waals surface area contributed by atoms with E-state index in [1.807, 2.05) is 5.38 Å². The fraction of sp³-hybridized carbons (Fsp3) is 0.727. The van der Waals surface area contributed by atoms with Crippen LogP contribution in [0.1, 0.15) is 100 Å². The fourth-order valence-electron chi connectivity index (χ4n) is 4.61. The predicted octanol–water partition coefficient (Wildman–Crippen LogP) is 7.04. The van der Waals surface area contributed by atoms with E-state index in [-0.39, 0.29) is 11.9 Å². The van der Waals surface area contributed by atoms with Crippen molar-refractivity contribution in [1.82, 2.24) is 10.3 Å². The van der Waals surface area contributed by atoms with Crippen LogP contribution in [-0.2, 0) is 0 Å². The highest BCUT2D eigenvalue weighted by Gasteiger charge is 2.27. The third-order valence-corrected chi connectivity index (χ3v) is 7.46. The molecule has 3 nitrogen and oxygen atoms in total. The van der Waals surface area contributed by atoms with Gasteiger partial charge in [0.25, 0.3) is 5.91 Å². The second kappa shape index (κ2) is 11.4. The molecule has 150 valence electrons. The first-order chi connectivity index (χ1) is 13.2. The van der Waals surface area contributed by atoms with Crippen molar-refractivity contribution in [2.45, 2.75) is 95.9 Å². The number of thiazole rings is 1. The number of amides is 1. The van der Waals surface area contributed by atoms with Gasteiger partial charge < -0.3 is 5.32 Å². The molecule has 0 saturated heterocycles. The first kappa shape index (κ1) is 21.0. The lowest BCUT2D eigenvalue weighted by atomic mass is 9.79. The SMILES string of the molecule is O=C(NC1CCCCCCCCC1C1=CCCCCCC1)c1csc(Br)n1. The van der Waals surface area contributed by atoms with Crippen LogP contribution in [0, 0.1) is 5.92 Å². The molecule has 0 aromatic carbocycles. The minimum Gasteiger partial charge on any atom is -0.347 e. The first-order valence-electron chi connectivity index (χ1n) is 10.8. The maximum Gasteiger partial charge on any atom is 0.271 e. The quantitative estimate of drug-likeness (QED) is 0.499. The van der Waals surface area contributed by atoms with E-state index in [0.717, 1.165) is 10.3 Å². The molecule has 2 aliphatic rings. The van der Waals surface area contributed by atoms with Crippen molar-refractivity contribution in [3.63, 3.8) is 0 Å². The standard InChI is InChI=1S/C22H33BrN2OS/c23-22-25-20(16-27-22)21(26)24-19-15-11-7-2-1-6-10-14-18(19)17-12-8-4-3-5-9-13-17/h12,16,18-19H,1-11,13-15H2,(H,24,26). The second-order valence-electron chi connectivity index (χ2n) is 8.10. The van der Waals surface area contributed by atoms with Crippen LogP contribution in [0.25, 0.3) is 0 Å². The Morgan fingerprint density at radius 3 is 2.48 bits per heavy atom. The van der Waals surface area contributed by atoms with Crippen molar-refractivity contribution >= 4 is 33.2 Å². The highest BCUT2D eigenvalue weighted by Crippen LogP contribution is 2.32. The summed E-state index contributed by atoms with van der Waals surface area (Å²) >= 11 is 4.85. The zero-order valence-electron chi connectivity index (χ0n) is 16.4. The van der Waals surface area contributed by atoms with E-state index in [1.165, 1.54) is 94.8 Å². The summed E-state index contributed by atoms with van der Waals surface area (Å²) in [5.74, 6) is 0.502. The van der Waals surface area contributed by atoms with Crippen LogP contribution < -0.4 is 5.32 Å². The molecule has 1 heterocycles. The molecule has 2 aliphatic carbocycles. The minimum absolute atomic E-state index is 0.00421. The minimum atomic E-state index is -0.00421. The molecule has 2 unspecified atom stereocenters.